The molecule has 0 saturated carbocycles. The number of halogens is 3. The molecule has 1 aromatic carbocycles. The van der Waals surface area contributed by atoms with Gasteiger partial charge in [-0.3, -0.25) is 4.79 Å². The molecule has 0 saturated heterocycles. The summed E-state index contributed by atoms with van der Waals surface area (Å²) in [5, 5.41) is 11.7. The summed E-state index contributed by atoms with van der Waals surface area (Å²) in [5.41, 5.74) is -1.61. The van der Waals surface area contributed by atoms with Crippen molar-refractivity contribution in [1.82, 2.24) is 5.32 Å². The number of benzene rings is 1. The van der Waals surface area contributed by atoms with E-state index in [4.69, 9.17) is 5.11 Å². The Hall–Kier alpha value is -1.56. The second-order valence-corrected chi connectivity index (χ2v) is 4.95. The Labute approximate surface area is 109 Å². The fraction of sp³-hybridized carbons (Fsp3) is 0.462. The van der Waals surface area contributed by atoms with Gasteiger partial charge in [0.1, 0.15) is 0 Å². The maximum Gasteiger partial charge on any atom is 0.416 e. The summed E-state index contributed by atoms with van der Waals surface area (Å²) < 4.78 is 38.1. The molecule has 0 bridgehead atoms. The van der Waals surface area contributed by atoms with E-state index in [1.165, 1.54) is 32.0 Å². The quantitative estimate of drug-likeness (QED) is 0.868. The lowest BCUT2D eigenvalue weighted by Crippen LogP contribution is -2.36. The van der Waals surface area contributed by atoms with E-state index in [-0.39, 0.29) is 18.7 Å². The molecule has 0 radical (unpaired) electrons. The van der Waals surface area contributed by atoms with Crippen LogP contribution in [0.1, 0.15) is 25.0 Å². The zero-order valence-electron chi connectivity index (χ0n) is 10.7. The Morgan fingerprint density at radius 2 is 1.84 bits per heavy atom. The van der Waals surface area contributed by atoms with Gasteiger partial charge in [-0.25, -0.2) is 0 Å². The van der Waals surface area contributed by atoms with Crippen LogP contribution in [0.3, 0.4) is 0 Å². The van der Waals surface area contributed by atoms with Gasteiger partial charge in [0.05, 0.1) is 11.0 Å². The van der Waals surface area contributed by atoms with E-state index in [1.54, 1.807) is 0 Å². The summed E-state index contributed by atoms with van der Waals surface area (Å²) >= 11 is 0. The normalized spacial score (nSPS) is 12.5. The third-order valence-corrected chi connectivity index (χ3v) is 2.78. The summed E-state index contributed by atoms with van der Waals surface area (Å²) in [5.74, 6) is -0.996. The summed E-state index contributed by atoms with van der Waals surface area (Å²) in [4.78, 5) is 10.9. The van der Waals surface area contributed by atoms with Gasteiger partial charge in [-0.1, -0.05) is 18.2 Å². The number of rotatable bonds is 5. The molecular weight excluding hydrogens is 259 g/mol. The van der Waals surface area contributed by atoms with E-state index in [1.807, 2.05) is 0 Å². The van der Waals surface area contributed by atoms with Gasteiger partial charge in [0.15, 0.2) is 0 Å². The molecule has 19 heavy (non-hydrogen) atoms. The number of carboxylic acids is 1. The number of hydrogen-bond donors (Lipinski definition) is 2. The van der Waals surface area contributed by atoms with Gasteiger partial charge < -0.3 is 10.4 Å². The molecule has 0 amide bonds. The molecule has 1 rings (SSSR count). The molecule has 3 nitrogen and oxygen atoms in total. The third kappa shape index (κ3) is 4.24. The van der Waals surface area contributed by atoms with Crippen molar-refractivity contribution in [3.63, 3.8) is 0 Å². The first-order chi connectivity index (χ1) is 8.64. The van der Waals surface area contributed by atoms with Crippen molar-refractivity contribution >= 4 is 5.97 Å². The fourth-order valence-electron chi connectivity index (χ4n) is 1.54. The van der Waals surface area contributed by atoms with Crippen LogP contribution in [0, 0.1) is 5.41 Å². The minimum absolute atomic E-state index is 0.0214. The van der Waals surface area contributed by atoms with Crippen molar-refractivity contribution in [2.45, 2.75) is 26.6 Å². The Bertz CT molecular complexity index is 455. The van der Waals surface area contributed by atoms with Crippen LogP contribution in [0.2, 0.25) is 0 Å². The van der Waals surface area contributed by atoms with Crippen molar-refractivity contribution in [2.24, 2.45) is 5.41 Å². The molecule has 6 heteroatoms. The van der Waals surface area contributed by atoms with Crippen LogP contribution in [0.25, 0.3) is 0 Å². The maximum absolute atomic E-state index is 12.7. The fourth-order valence-corrected chi connectivity index (χ4v) is 1.54. The Kier molecular flexibility index (Phi) is 4.57. The van der Waals surface area contributed by atoms with Gasteiger partial charge >= 0.3 is 12.1 Å². The van der Waals surface area contributed by atoms with Crippen LogP contribution in [0.15, 0.2) is 24.3 Å². The highest BCUT2D eigenvalue weighted by Gasteiger charge is 2.33. The third-order valence-electron chi connectivity index (χ3n) is 2.78. The standard InChI is InChI=1S/C13H16F3NO2/c1-12(2,11(18)19)8-17-7-9-5-3-4-6-10(9)13(14,15)16/h3-6,17H,7-8H2,1-2H3,(H,18,19). The number of nitrogens with one attached hydrogen (secondary N) is 1. The van der Waals surface area contributed by atoms with Crippen molar-refractivity contribution in [3.05, 3.63) is 35.4 Å². The number of aliphatic carboxylic acids is 1. The molecule has 0 aliphatic carbocycles. The first-order valence-electron chi connectivity index (χ1n) is 5.74. The molecule has 0 aliphatic rings. The van der Waals surface area contributed by atoms with E-state index >= 15 is 0 Å². The smallest absolute Gasteiger partial charge is 0.416 e. The summed E-state index contributed by atoms with van der Waals surface area (Å²) in [6.07, 6.45) is -4.40. The number of carboxylic acid groups (broad SMARTS) is 1. The van der Waals surface area contributed by atoms with Crippen molar-refractivity contribution < 1.29 is 23.1 Å². The Morgan fingerprint density at radius 1 is 1.26 bits per heavy atom. The topological polar surface area (TPSA) is 49.3 Å². The highest BCUT2D eigenvalue weighted by Crippen LogP contribution is 2.31. The molecule has 0 heterocycles. The van der Waals surface area contributed by atoms with Crippen LogP contribution < -0.4 is 5.32 Å². The largest absolute Gasteiger partial charge is 0.481 e. The van der Waals surface area contributed by atoms with Gasteiger partial charge in [0.25, 0.3) is 0 Å². The Balaban J connectivity index is 2.72. The van der Waals surface area contributed by atoms with Gasteiger partial charge in [0, 0.05) is 13.1 Å². The first-order valence-corrected chi connectivity index (χ1v) is 5.74. The van der Waals surface area contributed by atoms with Crippen molar-refractivity contribution in [3.8, 4) is 0 Å². The Morgan fingerprint density at radius 3 is 2.37 bits per heavy atom. The van der Waals surface area contributed by atoms with Crippen LogP contribution >= 0.6 is 0 Å². The lowest BCUT2D eigenvalue weighted by Gasteiger charge is -2.20. The monoisotopic (exact) mass is 275 g/mol. The molecule has 0 fully saturated rings. The van der Waals surface area contributed by atoms with E-state index in [0.29, 0.717) is 0 Å². The van der Waals surface area contributed by atoms with Gasteiger partial charge in [-0.15, -0.1) is 0 Å². The zero-order valence-corrected chi connectivity index (χ0v) is 10.7. The highest BCUT2D eigenvalue weighted by atomic mass is 19.4. The predicted octanol–water partition coefficient (Wildman–Crippen LogP) is 2.91. The SMILES string of the molecule is CC(C)(CNCc1ccccc1C(F)(F)F)C(=O)O. The van der Waals surface area contributed by atoms with E-state index in [9.17, 15) is 18.0 Å². The average molecular weight is 275 g/mol. The first kappa shape index (κ1) is 15.5. The lowest BCUT2D eigenvalue weighted by atomic mass is 9.94. The van der Waals surface area contributed by atoms with Crippen LogP contribution in [0.5, 0.6) is 0 Å². The highest BCUT2D eigenvalue weighted by molar-refractivity contribution is 5.73. The molecule has 0 spiro atoms. The van der Waals surface area contributed by atoms with E-state index in [2.05, 4.69) is 5.32 Å². The molecule has 0 aliphatic heterocycles. The average Bonchev–Trinajstić information content (AvgIpc) is 2.27. The van der Waals surface area contributed by atoms with Crippen LogP contribution in [0.4, 0.5) is 13.2 Å². The van der Waals surface area contributed by atoms with Crippen molar-refractivity contribution in [1.29, 1.82) is 0 Å². The molecule has 1 aromatic rings. The second-order valence-electron chi connectivity index (χ2n) is 4.95. The molecule has 2 N–H and O–H groups in total. The maximum atomic E-state index is 12.7. The summed E-state index contributed by atoms with van der Waals surface area (Å²) in [6.45, 7) is 3.09. The van der Waals surface area contributed by atoms with Crippen LogP contribution in [-0.4, -0.2) is 17.6 Å². The molecule has 0 atom stereocenters. The minimum atomic E-state index is -4.40. The second kappa shape index (κ2) is 5.61. The summed E-state index contributed by atoms with van der Waals surface area (Å²) in [6, 6.07) is 5.24. The van der Waals surface area contributed by atoms with Crippen molar-refractivity contribution in [2.75, 3.05) is 6.54 Å². The molecule has 0 unspecified atom stereocenters. The van der Waals surface area contributed by atoms with Gasteiger partial charge in [-0.05, 0) is 25.5 Å². The van der Waals surface area contributed by atoms with E-state index in [0.717, 1.165) is 6.07 Å². The number of carbonyl (C=O) groups is 1. The molecular formula is C13H16F3NO2. The number of alkyl halides is 3. The predicted molar refractivity (Wildman–Crippen MR) is 64.6 cm³/mol. The van der Waals surface area contributed by atoms with Gasteiger partial charge in [-0.2, -0.15) is 13.2 Å². The molecule has 0 aromatic heterocycles. The summed E-state index contributed by atoms with van der Waals surface area (Å²) in [7, 11) is 0. The van der Waals surface area contributed by atoms with Crippen LogP contribution in [-0.2, 0) is 17.5 Å². The minimum Gasteiger partial charge on any atom is -0.481 e. The lowest BCUT2D eigenvalue weighted by molar-refractivity contribution is -0.146. The zero-order chi connectivity index (χ0) is 14.7. The van der Waals surface area contributed by atoms with E-state index < -0.39 is 23.1 Å². The van der Waals surface area contributed by atoms with Gasteiger partial charge in [0.2, 0.25) is 0 Å². The molecule has 106 valence electrons. The number of hydrogen-bond acceptors (Lipinski definition) is 2.